The molecule has 0 aliphatic carbocycles. The Labute approximate surface area is 117 Å². The number of carboxylic acids is 2. The Kier molecular flexibility index (Phi) is 3.81. The van der Waals surface area contributed by atoms with Crippen molar-refractivity contribution in [2.75, 3.05) is 0 Å². The van der Waals surface area contributed by atoms with E-state index in [1.165, 1.54) is 0 Å². The number of nitrogens with zero attached hydrogens (tertiary/aromatic N) is 1. The van der Waals surface area contributed by atoms with Crippen LogP contribution in [0, 0.1) is 0 Å². The molecule has 0 saturated heterocycles. The number of carbonyl (C=O) groups is 2. The molecule has 0 saturated carbocycles. The Morgan fingerprint density at radius 2 is 1.75 bits per heavy atom. The van der Waals surface area contributed by atoms with E-state index in [1.807, 2.05) is 18.7 Å². The van der Waals surface area contributed by atoms with Crippen molar-refractivity contribution in [2.45, 2.75) is 45.3 Å². The molecule has 1 aliphatic rings. The van der Waals surface area contributed by atoms with Crippen LogP contribution in [0.25, 0.3) is 0 Å². The second-order valence-corrected chi connectivity index (χ2v) is 5.19. The van der Waals surface area contributed by atoms with Gasteiger partial charge in [0.05, 0.1) is 5.56 Å². The third-order valence-electron chi connectivity index (χ3n) is 4.35. The van der Waals surface area contributed by atoms with Gasteiger partial charge in [-0.05, 0) is 36.1 Å². The van der Waals surface area contributed by atoms with Crippen molar-refractivity contribution in [1.82, 2.24) is 4.90 Å². The largest absolute Gasteiger partial charge is 0.480 e. The van der Waals surface area contributed by atoms with Crippen LogP contribution in [-0.2, 0) is 17.9 Å². The molecule has 5 nitrogen and oxygen atoms in total. The van der Waals surface area contributed by atoms with E-state index in [4.69, 9.17) is 5.11 Å². The second kappa shape index (κ2) is 5.25. The maximum atomic E-state index is 11.7. The lowest BCUT2D eigenvalue weighted by Gasteiger charge is -2.36. The molecular weight excluding hydrogens is 258 g/mol. The highest BCUT2D eigenvalue weighted by Gasteiger charge is 2.43. The number of hydrogen-bond acceptors (Lipinski definition) is 3. The molecular formula is C15H19NO4. The van der Waals surface area contributed by atoms with Crippen LogP contribution >= 0.6 is 0 Å². The van der Waals surface area contributed by atoms with E-state index in [2.05, 4.69) is 0 Å². The van der Waals surface area contributed by atoms with E-state index in [0.29, 0.717) is 25.9 Å². The van der Waals surface area contributed by atoms with Crippen LogP contribution in [-0.4, -0.2) is 32.6 Å². The molecule has 0 radical (unpaired) electrons. The van der Waals surface area contributed by atoms with E-state index in [9.17, 15) is 14.7 Å². The minimum atomic E-state index is -0.957. The van der Waals surface area contributed by atoms with Gasteiger partial charge in [-0.2, -0.15) is 0 Å². The van der Waals surface area contributed by atoms with Crippen molar-refractivity contribution in [1.29, 1.82) is 0 Å². The normalized spacial score (nSPS) is 15.1. The zero-order chi connectivity index (χ0) is 14.9. The number of hydrogen-bond donors (Lipinski definition) is 2. The first kappa shape index (κ1) is 14.5. The molecule has 1 aromatic carbocycles. The van der Waals surface area contributed by atoms with Crippen molar-refractivity contribution in [3.05, 3.63) is 34.9 Å². The van der Waals surface area contributed by atoms with Crippen LogP contribution in [0.15, 0.2) is 18.2 Å². The monoisotopic (exact) mass is 277 g/mol. The first-order chi connectivity index (χ1) is 9.44. The standard InChI is InChI=1S/C15H19NO4/c1-3-15(4-2,14(19)20)16-8-11-6-5-10(13(17)18)7-12(11)9-16/h5-7H,3-4,8-9H2,1-2H3,(H,17,18)(H,19,20). The lowest BCUT2D eigenvalue weighted by Crippen LogP contribution is -2.51. The van der Waals surface area contributed by atoms with Gasteiger partial charge in [0, 0.05) is 13.1 Å². The summed E-state index contributed by atoms with van der Waals surface area (Å²) in [6, 6.07) is 5.01. The predicted octanol–water partition coefficient (Wildman–Crippen LogP) is 2.34. The Morgan fingerprint density at radius 1 is 1.15 bits per heavy atom. The summed E-state index contributed by atoms with van der Waals surface area (Å²) in [4.78, 5) is 24.6. The molecule has 0 spiro atoms. The summed E-state index contributed by atoms with van der Waals surface area (Å²) >= 11 is 0. The first-order valence-corrected chi connectivity index (χ1v) is 6.78. The van der Waals surface area contributed by atoms with E-state index < -0.39 is 17.5 Å². The second-order valence-electron chi connectivity index (χ2n) is 5.19. The zero-order valence-electron chi connectivity index (χ0n) is 11.7. The lowest BCUT2D eigenvalue weighted by molar-refractivity contribution is -0.153. The van der Waals surface area contributed by atoms with Gasteiger partial charge in [0.1, 0.15) is 5.54 Å². The topological polar surface area (TPSA) is 77.8 Å². The zero-order valence-corrected chi connectivity index (χ0v) is 11.7. The van der Waals surface area contributed by atoms with Gasteiger partial charge >= 0.3 is 11.9 Å². The molecule has 0 amide bonds. The number of rotatable bonds is 5. The molecule has 108 valence electrons. The Bertz CT molecular complexity index is 549. The van der Waals surface area contributed by atoms with Crippen LogP contribution in [0.4, 0.5) is 0 Å². The molecule has 0 unspecified atom stereocenters. The average Bonchev–Trinajstić information content (AvgIpc) is 2.83. The van der Waals surface area contributed by atoms with Gasteiger partial charge in [0.15, 0.2) is 0 Å². The summed E-state index contributed by atoms with van der Waals surface area (Å²) in [6.45, 7) is 4.81. The summed E-state index contributed by atoms with van der Waals surface area (Å²) < 4.78 is 0. The highest BCUT2D eigenvalue weighted by atomic mass is 16.4. The predicted molar refractivity (Wildman–Crippen MR) is 73.6 cm³/mol. The number of fused-ring (bicyclic) bond motifs is 1. The quantitative estimate of drug-likeness (QED) is 0.863. The van der Waals surface area contributed by atoms with Gasteiger partial charge in [-0.25, -0.2) is 4.79 Å². The van der Waals surface area contributed by atoms with Gasteiger partial charge in [-0.1, -0.05) is 19.9 Å². The van der Waals surface area contributed by atoms with E-state index in [0.717, 1.165) is 11.1 Å². The molecule has 1 heterocycles. The SMILES string of the molecule is CCC(CC)(C(=O)O)N1Cc2ccc(C(=O)O)cc2C1. The smallest absolute Gasteiger partial charge is 0.335 e. The van der Waals surface area contributed by atoms with Crippen molar-refractivity contribution in [2.24, 2.45) is 0 Å². The number of carboxylic acid groups (broad SMARTS) is 2. The third kappa shape index (κ3) is 2.18. The minimum Gasteiger partial charge on any atom is -0.480 e. The molecule has 0 bridgehead atoms. The summed E-state index contributed by atoms with van der Waals surface area (Å²) in [5.74, 6) is -1.77. The average molecular weight is 277 g/mol. The summed E-state index contributed by atoms with van der Waals surface area (Å²) in [7, 11) is 0. The molecule has 20 heavy (non-hydrogen) atoms. The summed E-state index contributed by atoms with van der Waals surface area (Å²) in [5.41, 5.74) is 1.31. The summed E-state index contributed by atoms with van der Waals surface area (Å²) in [5, 5.41) is 18.6. The van der Waals surface area contributed by atoms with Crippen LogP contribution in [0.1, 0.15) is 48.2 Å². The van der Waals surface area contributed by atoms with Crippen LogP contribution in [0.3, 0.4) is 0 Å². The van der Waals surface area contributed by atoms with Gasteiger partial charge in [0.25, 0.3) is 0 Å². The van der Waals surface area contributed by atoms with Crippen molar-refractivity contribution >= 4 is 11.9 Å². The molecule has 2 rings (SSSR count). The molecule has 1 aliphatic heterocycles. The Hall–Kier alpha value is -1.88. The summed E-state index contributed by atoms with van der Waals surface area (Å²) in [6.07, 6.45) is 1.05. The number of aliphatic carboxylic acids is 1. The molecule has 5 heteroatoms. The Balaban J connectivity index is 2.32. The molecule has 0 aromatic heterocycles. The van der Waals surface area contributed by atoms with E-state index >= 15 is 0 Å². The molecule has 0 fully saturated rings. The van der Waals surface area contributed by atoms with E-state index in [-0.39, 0.29) is 5.56 Å². The first-order valence-electron chi connectivity index (χ1n) is 6.78. The highest BCUT2D eigenvalue weighted by Crippen LogP contribution is 2.34. The molecule has 0 atom stereocenters. The van der Waals surface area contributed by atoms with Gasteiger partial charge in [-0.15, -0.1) is 0 Å². The number of benzene rings is 1. The van der Waals surface area contributed by atoms with Gasteiger partial charge in [0.2, 0.25) is 0 Å². The van der Waals surface area contributed by atoms with Crippen LogP contribution in [0.5, 0.6) is 0 Å². The van der Waals surface area contributed by atoms with Crippen molar-refractivity contribution in [3.8, 4) is 0 Å². The highest BCUT2D eigenvalue weighted by molar-refractivity contribution is 5.88. The lowest BCUT2D eigenvalue weighted by atomic mass is 9.91. The van der Waals surface area contributed by atoms with Crippen molar-refractivity contribution < 1.29 is 19.8 Å². The molecule has 1 aromatic rings. The van der Waals surface area contributed by atoms with Crippen molar-refractivity contribution in [3.63, 3.8) is 0 Å². The maximum Gasteiger partial charge on any atom is 0.335 e. The van der Waals surface area contributed by atoms with Crippen LogP contribution in [0.2, 0.25) is 0 Å². The Morgan fingerprint density at radius 3 is 2.25 bits per heavy atom. The fraction of sp³-hybridized carbons (Fsp3) is 0.467. The minimum absolute atomic E-state index is 0.250. The molecule has 2 N–H and O–H groups in total. The van der Waals surface area contributed by atoms with Gasteiger partial charge < -0.3 is 10.2 Å². The fourth-order valence-corrected chi connectivity index (χ4v) is 2.97. The fourth-order valence-electron chi connectivity index (χ4n) is 2.97. The van der Waals surface area contributed by atoms with Gasteiger partial charge in [-0.3, -0.25) is 9.69 Å². The van der Waals surface area contributed by atoms with E-state index in [1.54, 1.807) is 18.2 Å². The maximum absolute atomic E-state index is 11.7. The third-order valence-corrected chi connectivity index (χ3v) is 4.35. The van der Waals surface area contributed by atoms with Crippen LogP contribution < -0.4 is 0 Å². The number of aromatic carboxylic acids is 1.